The van der Waals surface area contributed by atoms with Crippen molar-refractivity contribution >= 4 is 28.4 Å². The van der Waals surface area contributed by atoms with Gasteiger partial charge in [0.2, 0.25) is 0 Å². The zero-order valence-electron chi connectivity index (χ0n) is 17.8. The number of amides is 1. The summed E-state index contributed by atoms with van der Waals surface area (Å²) in [5, 5.41) is 12.0. The van der Waals surface area contributed by atoms with Crippen molar-refractivity contribution < 1.29 is 19.4 Å². The van der Waals surface area contributed by atoms with Crippen molar-refractivity contribution in [2.45, 2.75) is 6.04 Å². The van der Waals surface area contributed by atoms with Crippen LogP contribution in [0.3, 0.4) is 0 Å². The molecule has 1 atom stereocenters. The average Bonchev–Trinajstić information content (AvgIpc) is 3.31. The van der Waals surface area contributed by atoms with Gasteiger partial charge in [0.05, 0.1) is 18.7 Å². The third-order valence-corrected chi connectivity index (χ3v) is 5.60. The molecule has 4 rings (SSSR count). The highest BCUT2D eigenvalue weighted by Crippen LogP contribution is 2.40. The fourth-order valence-electron chi connectivity index (χ4n) is 3.96. The zero-order chi connectivity index (χ0) is 22.1. The van der Waals surface area contributed by atoms with Gasteiger partial charge in [0.25, 0.3) is 11.7 Å². The first kappa shape index (κ1) is 20.7. The summed E-state index contributed by atoms with van der Waals surface area (Å²) in [5.41, 5.74) is 2.17. The molecule has 0 aliphatic carbocycles. The molecule has 1 saturated heterocycles. The lowest BCUT2D eigenvalue weighted by atomic mass is 9.95. The van der Waals surface area contributed by atoms with Gasteiger partial charge in [0, 0.05) is 35.8 Å². The number of nitrogens with one attached hydrogen (secondary N) is 1. The molecule has 7 nitrogen and oxygen atoms in total. The second-order valence-corrected chi connectivity index (χ2v) is 7.82. The fourth-order valence-corrected chi connectivity index (χ4v) is 3.96. The number of ketones is 1. The number of nitrogens with zero attached hydrogens (tertiary/aromatic N) is 2. The Kier molecular flexibility index (Phi) is 5.52. The highest BCUT2D eigenvalue weighted by molar-refractivity contribution is 6.46. The van der Waals surface area contributed by atoms with E-state index in [2.05, 4.69) is 4.98 Å². The second kappa shape index (κ2) is 8.28. The summed E-state index contributed by atoms with van der Waals surface area (Å²) in [6, 6.07) is 14.0. The van der Waals surface area contributed by atoms with Crippen molar-refractivity contribution in [3.8, 4) is 5.75 Å². The van der Waals surface area contributed by atoms with Gasteiger partial charge in [-0.1, -0.05) is 30.3 Å². The number of aromatic amines is 1. The molecule has 0 bridgehead atoms. The smallest absolute Gasteiger partial charge is 0.295 e. The minimum atomic E-state index is -0.681. The molecule has 1 amide bonds. The van der Waals surface area contributed by atoms with Crippen LogP contribution in [0.2, 0.25) is 0 Å². The first-order chi connectivity index (χ1) is 14.9. The van der Waals surface area contributed by atoms with Crippen LogP contribution < -0.4 is 4.74 Å². The summed E-state index contributed by atoms with van der Waals surface area (Å²) >= 11 is 0. The van der Waals surface area contributed by atoms with Gasteiger partial charge in [-0.15, -0.1) is 0 Å². The lowest BCUT2D eigenvalue weighted by molar-refractivity contribution is -0.140. The Morgan fingerprint density at radius 3 is 2.52 bits per heavy atom. The van der Waals surface area contributed by atoms with Crippen LogP contribution in [0.4, 0.5) is 0 Å². The van der Waals surface area contributed by atoms with Gasteiger partial charge < -0.3 is 24.6 Å². The number of benzene rings is 2. The predicted octanol–water partition coefficient (Wildman–Crippen LogP) is 3.16. The summed E-state index contributed by atoms with van der Waals surface area (Å²) < 4.78 is 5.24. The van der Waals surface area contributed by atoms with Crippen molar-refractivity contribution in [3.63, 3.8) is 0 Å². The van der Waals surface area contributed by atoms with Gasteiger partial charge in [0.1, 0.15) is 11.5 Å². The number of aliphatic hydroxyl groups excluding tert-OH is 1. The van der Waals surface area contributed by atoms with Crippen LogP contribution in [0.15, 0.2) is 60.3 Å². The molecule has 1 fully saturated rings. The van der Waals surface area contributed by atoms with E-state index < -0.39 is 17.7 Å². The molecule has 2 heterocycles. The van der Waals surface area contributed by atoms with Crippen LogP contribution in [0.5, 0.6) is 5.75 Å². The quantitative estimate of drug-likeness (QED) is 0.364. The lowest BCUT2D eigenvalue weighted by Crippen LogP contribution is -2.35. The first-order valence-electron chi connectivity index (χ1n) is 10.1. The van der Waals surface area contributed by atoms with Crippen molar-refractivity contribution in [2.24, 2.45) is 0 Å². The maximum atomic E-state index is 13.1. The standard InChI is InChI=1S/C24H25N3O4/c1-26(2)12-13-27-21(15-8-10-16(31-3)11-9-15)20(23(29)24(27)30)22(28)18-14-25-19-7-5-4-6-17(18)19/h4-11,14,21,25,28H,12-13H2,1-3H3. The summed E-state index contributed by atoms with van der Waals surface area (Å²) in [7, 11) is 5.39. The molecule has 160 valence electrons. The molecular weight excluding hydrogens is 394 g/mol. The van der Waals surface area contributed by atoms with Crippen molar-refractivity contribution in [1.82, 2.24) is 14.8 Å². The van der Waals surface area contributed by atoms with E-state index in [1.165, 1.54) is 4.90 Å². The largest absolute Gasteiger partial charge is 0.507 e. The highest BCUT2D eigenvalue weighted by Gasteiger charge is 2.46. The molecule has 1 aliphatic rings. The Morgan fingerprint density at radius 1 is 1.13 bits per heavy atom. The molecule has 2 aromatic carbocycles. The maximum absolute atomic E-state index is 13.1. The Labute approximate surface area is 180 Å². The number of aliphatic hydroxyl groups is 1. The van der Waals surface area contributed by atoms with Crippen LogP contribution in [0.25, 0.3) is 16.7 Å². The number of likely N-dealkylation sites (N-methyl/N-ethyl adjacent to an activating group) is 1. The van der Waals surface area contributed by atoms with Crippen molar-refractivity contribution in [1.29, 1.82) is 0 Å². The highest BCUT2D eigenvalue weighted by atomic mass is 16.5. The molecule has 2 N–H and O–H groups in total. The monoisotopic (exact) mass is 419 g/mol. The first-order valence-corrected chi connectivity index (χ1v) is 10.1. The number of rotatable bonds is 6. The number of hydrogen-bond donors (Lipinski definition) is 2. The minimum absolute atomic E-state index is 0.0960. The van der Waals surface area contributed by atoms with Gasteiger partial charge in [0.15, 0.2) is 0 Å². The number of Topliss-reactive ketones (excluding diaryl/α,β-unsaturated/α-hetero) is 1. The van der Waals surface area contributed by atoms with E-state index >= 15 is 0 Å². The van der Waals surface area contributed by atoms with Crippen molar-refractivity contribution in [2.75, 3.05) is 34.3 Å². The number of para-hydroxylation sites is 1. The van der Waals surface area contributed by atoms with Crippen LogP contribution in [0.1, 0.15) is 17.2 Å². The summed E-state index contributed by atoms with van der Waals surface area (Å²) in [6.07, 6.45) is 1.66. The molecule has 7 heteroatoms. The number of fused-ring (bicyclic) bond motifs is 1. The topological polar surface area (TPSA) is 85.9 Å². The Morgan fingerprint density at radius 2 is 1.84 bits per heavy atom. The van der Waals surface area contributed by atoms with E-state index in [1.54, 1.807) is 25.4 Å². The number of likely N-dealkylation sites (tertiary alicyclic amines) is 1. The molecular formula is C24H25N3O4. The number of carbonyl (C=O) groups is 2. The Bertz CT molecular complexity index is 1160. The van der Waals surface area contributed by atoms with Crippen LogP contribution >= 0.6 is 0 Å². The molecule has 1 unspecified atom stereocenters. The Balaban J connectivity index is 1.87. The third-order valence-electron chi connectivity index (χ3n) is 5.60. The average molecular weight is 419 g/mol. The molecule has 0 saturated carbocycles. The van der Waals surface area contributed by atoms with Gasteiger partial charge in [-0.3, -0.25) is 9.59 Å². The molecule has 0 radical (unpaired) electrons. The number of ether oxygens (including phenoxy) is 1. The maximum Gasteiger partial charge on any atom is 0.295 e. The third kappa shape index (κ3) is 3.68. The number of aromatic nitrogens is 1. The SMILES string of the molecule is COc1ccc(C2C(=C(O)c3c[nH]c4ccccc34)C(=O)C(=O)N2CCN(C)C)cc1. The van der Waals surface area contributed by atoms with Gasteiger partial charge in [-0.25, -0.2) is 0 Å². The van der Waals surface area contributed by atoms with E-state index in [0.717, 1.165) is 16.5 Å². The van der Waals surface area contributed by atoms with Crippen molar-refractivity contribution in [3.05, 3.63) is 71.4 Å². The summed E-state index contributed by atoms with van der Waals surface area (Å²) in [6.45, 7) is 0.950. The van der Waals surface area contributed by atoms with E-state index in [-0.39, 0.29) is 11.3 Å². The second-order valence-electron chi connectivity index (χ2n) is 7.82. The van der Waals surface area contributed by atoms with Crippen LogP contribution in [0, 0.1) is 0 Å². The predicted molar refractivity (Wildman–Crippen MR) is 119 cm³/mol. The van der Waals surface area contributed by atoms with E-state index in [0.29, 0.717) is 24.4 Å². The Hall–Kier alpha value is -3.58. The van der Waals surface area contributed by atoms with Crippen LogP contribution in [-0.4, -0.2) is 65.9 Å². The molecule has 3 aromatic rings. The lowest BCUT2D eigenvalue weighted by Gasteiger charge is -2.26. The van der Waals surface area contributed by atoms with Gasteiger partial charge in [-0.2, -0.15) is 0 Å². The minimum Gasteiger partial charge on any atom is -0.507 e. The number of hydrogen-bond acceptors (Lipinski definition) is 5. The summed E-state index contributed by atoms with van der Waals surface area (Å²) in [4.78, 5) is 32.6. The number of methoxy groups -OCH3 is 1. The fraction of sp³-hybridized carbons (Fsp3) is 0.250. The summed E-state index contributed by atoms with van der Waals surface area (Å²) in [5.74, 6) is -0.791. The van der Waals surface area contributed by atoms with E-state index in [4.69, 9.17) is 4.74 Å². The number of carbonyl (C=O) groups excluding carboxylic acids is 2. The molecule has 31 heavy (non-hydrogen) atoms. The molecule has 1 aromatic heterocycles. The normalized spacial score (nSPS) is 18.3. The van der Waals surface area contributed by atoms with Gasteiger partial charge >= 0.3 is 0 Å². The molecule has 0 spiro atoms. The van der Waals surface area contributed by atoms with E-state index in [9.17, 15) is 14.7 Å². The number of H-pyrrole nitrogens is 1. The zero-order valence-corrected chi connectivity index (χ0v) is 17.8. The van der Waals surface area contributed by atoms with Gasteiger partial charge in [-0.05, 0) is 37.9 Å². The van der Waals surface area contributed by atoms with Crippen LogP contribution in [-0.2, 0) is 9.59 Å². The van der Waals surface area contributed by atoms with E-state index in [1.807, 2.05) is 55.4 Å². The molecule has 1 aliphatic heterocycles.